The van der Waals surface area contributed by atoms with Crippen molar-refractivity contribution in [2.24, 2.45) is 0 Å². The summed E-state index contributed by atoms with van der Waals surface area (Å²) in [5.74, 6) is 2.05. The van der Waals surface area contributed by atoms with Gasteiger partial charge >= 0.3 is 0 Å². The molecule has 0 atom stereocenters. The van der Waals surface area contributed by atoms with Crippen molar-refractivity contribution in [3.05, 3.63) is 9.81 Å². The Bertz CT molecular complexity index is 369. The van der Waals surface area contributed by atoms with Crippen LogP contribution in [0.4, 0.5) is 0 Å². The molecule has 136 valence electrons. The van der Waals surface area contributed by atoms with Gasteiger partial charge in [-0.15, -0.1) is 23.5 Å². The van der Waals surface area contributed by atoms with Gasteiger partial charge in [0.1, 0.15) is 17.7 Å². The molecule has 0 saturated carbocycles. The van der Waals surface area contributed by atoms with Crippen molar-refractivity contribution >= 4 is 23.5 Å². The molecule has 0 radical (unpaired) electrons. The Morgan fingerprint density at radius 2 is 1.00 bits per heavy atom. The van der Waals surface area contributed by atoms with Crippen LogP contribution in [0.15, 0.2) is 9.81 Å². The Kier molecular flexibility index (Phi) is 18.3. The maximum atomic E-state index is 9.14. The van der Waals surface area contributed by atoms with Crippen molar-refractivity contribution in [2.45, 2.75) is 90.9 Å². The predicted octanol–water partition coefficient (Wildman–Crippen LogP) is 7.43. The highest BCUT2D eigenvalue weighted by Gasteiger charge is 2.08. The minimum Gasteiger partial charge on any atom is -0.192 e. The maximum absolute atomic E-state index is 9.14. The smallest absolute Gasteiger partial charge is 0.149 e. The molecular weight excluding hydrogens is 332 g/mol. The second kappa shape index (κ2) is 18.8. The summed E-state index contributed by atoms with van der Waals surface area (Å²) in [4.78, 5) is 0. The zero-order chi connectivity index (χ0) is 17.9. The van der Waals surface area contributed by atoms with Crippen molar-refractivity contribution in [3.63, 3.8) is 0 Å². The molecule has 0 aromatic carbocycles. The summed E-state index contributed by atoms with van der Waals surface area (Å²) in [6.45, 7) is 4.47. The summed E-state index contributed by atoms with van der Waals surface area (Å²) in [7, 11) is 0. The summed E-state index contributed by atoms with van der Waals surface area (Å²) >= 11 is 3.42. The fourth-order valence-electron chi connectivity index (χ4n) is 2.40. The monoisotopic (exact) mass is 366 g/mol. The van der Waals surface area contributed by atoms with Crippen molar-refractivity contribution in [3.8, 4) is 12.1 Å². The van der Waals surface area contributed by atoms with Gasteiger partial charge in [0.15, 0.2) is 0 Å². The fraction of sp³-hybridized carbons (Fsp3) is 0.800. The van der Waals surface area contributed by atoms with Gasteiger partial charge in [-0.2, -0.15) is 10.5 Å². The predicted molar refractivity (Wildman–Crippen MR) is 110 cm³/mol. The van der Waals surface area contributed by atoms with Gasteiger partial charge in [-0.3, -0.25) is 0 Å². The van der Waals surface area contributed by atoms with E-state index in [9.17, 15) is 0 Å². The average molecular weight is 367 g/mol. The molecule has 0 fully saturated rings. The van der Waals surface area contributed by atoms with Gasteiger partial charge in [-0.25, -0.2) is 0 Å². The van der Waals surface area contributed by atoms with Crippen LogP contribution < -0.4 is 0 Å². The summed E-state index contributed by atoms with van der Waals surface area (Å²) < 4.78 is 0.946. The summed E-state index contributed by atoms with van der Waals surface area (Å²) in [5, 5.41) is 18.3. The zero-order valence-corrected chi connectivity index (χ0v) is 17.2. The highest BCUT2D eigenvalue weighted by Crippen LogP contribution is 2.33. The number of allylic oxidation sites excluding steroid dienone is 1. The van der Waals surface area contributed by atoms with Crippen LogP contribution in [-0.4, -0.2) is 11.5 Å². The van der Waals surface area contributed by atoms with Crippen molar-refractivity contribution in [1.29, 1.82) is 10.5 Å². The first kappa shape index (κ1) is 23.4. The highest BCUT2D eigenvalue weighted by atomic mass is 32.2. The third kappa shape index (κ3) is 13.8. The van der Waals surface area contributed by atoms with Crippen molar-refractivity contribution in [2.75, 3.05) is 11.5 Å². The first-order valence-corrected chi connectivity index (χ1v) is 11.6. The summed E-state index contributed by atoms with van der Waals surface area (Å²) in [6.07, 6.45) is 15.4. The SMILES string of the molecule is CCCCCCCCSC(SCCCCCCCC)=C(C#N)C#N. The number of unbranched alkanes of at least 4 members (excludes halogenated alkanes) is 10. The van der Waals surface area contributed by atoms with Gasteiger partial charge in [-0.1, -0.05) is 78.1 Å². The normalized spacial score (nSPS) is 10.2. The van der Waals surface area contributed by atoms with Gasteiger partial charge in [0, 0.05) is 0 Å². The quantitative estimate of drug-likeness (QED) is 0.210. The topological polar surface area (TPSA) is 47.6 Å². The number of rotatable bonds is 16. The second-order valence-electron chi connectivity index (χ2n) is 6.12. The van der Waals surface area contributed by atoms with E-state index in [0.29, 0.717) is 5.57 Å². The standard InChI is InChI=1S/C20H34N2S2/c1-3-5-7-9-11-13-15-23-20(19(17-21)18-22)24-16-14-12-10-8-6-4-2/h3-16H2,1-2H3. The van der Waals surface area contributed by atoms with Crippen LogP contribution in [0.5, 0.6) is 0 Å². The summed E-state index contributed by atoms with van der Waals surface area (Å²) in [5.41, 5.74) is 0.307. The minimum atomic E-state index is 0.307. The molecule has 0 aliphatic heterocycles. The number of hydrogen-bond acceptors (Lipinski definition) is 4. The molecule has 0 amide bonds. The van der Waals surface area contributed by atoms with Crippen LogP contribution in [-0.2, 0) is 0 Å². The number of thioether (sulfide) groups is 2. The molecule has 0 aliphatic rings. The highest BCUT2D eigenvalue weighted by molar-refractivity contribution is 8.22. The first-order valence-electron chi connectivity index (χ1n) is 9.60. The molecule has 4 heteroatoms. The number of nitrogens with zero attached hydrogens (tertiary/aromatic N) is 2. The third-order valence-corrected chi connectivity index (χ3v) is 6.52. The molecule has 0 N–H and O–H groups in total. The van der Waals surface area contributed by atoms with Crippen LogP contribution in [0.3, 0.4) is 0 Å². The lowest BCUT2D eigenvalue weighted by Crippen LogP contribution is -1.88. The molecule has 0 spiro atoms. The van der Waals surface area contributed by atoms with E-state index in [-0.39, 0.29) is 0 Å². The van der Waals surface area contributed by atoms with Crippen LogP contribution >= 0.6 is 23.5 Å². The van der Waals surface area contributed by atoms with E-state index < -0.39 is 0 Å². The Morgan fingerprint density at radius 1 is 0.625 bits per heavy atom. The second-order valence-corrected chi connectivity index (χ2v) is 8.59. The lowest BCUT2D eigenvalue weighted by molar-refractivity contribution is 0.627. The largest absolute Gasteiger partial charge is 0.192 e. The molecule has 0 aliphatic carbocycles. The van der Waals surface area contributed by atoms with Gasteiger partial charge in [0.25, 0.3) is 0 Å². The molecule has 0 unspecified atom stereocenters. The van der Waals surface area contributed by atoms with Crippen LogP contribution in [0, 0.1) is 22.7 Å². The van der Waals surface area contributed by atoms with Crippen molar-refractivity contribution in [1.82, 2.24) is 0 Å². The van der Waals surface area contributed by atoms with Gasteiger partial charge in [0.05, 0.1) is 4.24 Å². The van der Waals surface area contributed by atoms with Crippen LogP contribution in [0.2, 0.25) is 0 Å². The zero-order valence-electron chi connectivity index (χ0n) is 15.6. The Morgan fingerprint density at radius 3 is 1.38 bits per heavy atom. The van der Waals surface area contributed by atoms with Crippen LogP contribution in [0.25, 0.3) is 0 Å². The molecule has 24 heavy (non-hydrogen) atoms. The Balaban J connectivity index is 3.99. The van der Waals surface area contributed by atoms with E-state index in [1.54, 1.807) is 23.5 Å². The molecule has 0 rings (SSSR count). The Labute approximate surface area is 158 Å². The lowest BCUT2D eigenvalue weighted by atomic mass is 10.1. The van der Waals surface area contributed by atoms with Gasteiger partial charge < -0.3 is 0 Å². The van der Waals surface area contributed by atoms with Gasteiger partial charge in [0.2, 0.25) is 0 Å². The molecule has 0 aromatic heterocycles. The van der Waals surface area contributed by atoms with E-state index in [1.165, 1.54) is 77.0 Å². The maximum Gasteiger partial charge on any atom is 0.149 e. The van der Waals surface area contributed by atoms with E-state index in [2.05, 4.69) is 26.0 Å². The molecule has 2 nitrogen and oxygen atoms in total. The third-order valence-electron chi connectivity index (χ3n) is 3.89. The van der Waals surface area contributed by atoms with E-state index in [0.717, 1.165) is 15.7 Å². The molecule has 0 aromatic rings. The van der Waals surface area contributed by atoms with E-state index in [4.69, 9.17) is 10.5 Å². The van der Waals surface area contributed by atoms with Crippen LogP contribution in [0.1, 0.15) is 90.9 Å². The average Bonchev–Trinajstić information content (AvgIpc) is 2.60. The van der Waals surface area contributed by atoms with E-state index in [1.807, 2.05) is 0 Å². The van der Waals surface area contributed by atoms with E-state index >= 15 is 0 Å². The number of nitriles is 2. The molecular formula is C20H34N2S2. The molecule has 0 heterocycles. The lowest BCUT2D eigenvalue weighted by Gasteiger charge is -2.07. The fourth-order valence-corrected chi connectivity index (χ4v) is 4.77. The molecule has 0 bridgehead atoms. The molecule has 0 saturated heterocycles. The number of hydrogen-bond donors (Lipinski definition) is 0. The van der Waals surface area contributed by atoms with Gasteiger partial charge in [-0.05, 0) is 24.3 Å². The minimum absolute atomic E-state index is 0.307. The first-order chi connectivity index (χ1) is 11.8. The Hall–Kier alpha value is -0.580. The van der Waals surface area contributed by atoms with Crippen molar-refractivity contribution < 1.29 is 0 Å². The summed E-state index contributed by atoms with van der Waals surface area (Å²) in [6, 6.07) is 4.13.